The molecule has 2 aromatic rings. The fourth-order valence-electron chi connectivity index (χ4n) is 3.34. The van der Waals surface area contributed by atoms with Crippen molar-refractivity contribution in [2.45, 2.75) is 45.1 Å². The highest BCUT2D eigenvalue weighted by atomic mass is 19.1. The van der Waals surface area contributed by atoms with Gasteiger partial charge < -0.3 is 9.64 Å². The number of ether oxygens (including phenoxy) is 1. The summed E-state index contributed by atoms with van der Waals surface area (Å²) in [6.45, 7) is 6.94. The maximum atomic E-state index is 13.4. The lowest BCUT2D eigenvalue weighted by atomic mass is 9.91. The molecule has 130 valence electrons. The van der Waals surface area contributed by atoms with E-state index in [1.165, 1.54) is 12.1 Å². The number of likely N-dealkylation sites (tertiary alicyclic amines) is 1. The Morgan fingerprint density at radius 1 is 1.29 bits per heavy atom. The molecule has 1 saturated heterocycles. The summed E-state index contributed by atoms with van der Waals surface area (Å²) in [7, 11) is 1.90. The summed E-state index contributed by atoms with van der Waals surface area (Å²) in [5.74, 6) is 0.0380. The highest BCUT2D eigenvalue weighted by Gasteiger charge is 2.29. The van der Waals surface area contributed by atoms with E-state index in [-0.39, 0.29) is 11.9 Å². The first-order valence-electron chi connectivity index (χ1n) is 8.35. The summed E-state index contributed by atoms with van der Waals surface area (Å²) in [5, 5.41) is 5.42. The quantitative estimate of drug-likeness (QED) is 0.797. The average molecular weight is 333 g/mol. The number of nitrogens with zero attached hydrogens (tertiary/aromatic N) is 3. The molecule has 0 spiro atoms. The summed E-state index contributed by atoms with van der Waals surface area (Å²) in [5.41, 5.74) is 1.33. The number of halogens is 1. The van der Waals surface area contributed by atoms with Crippen molar-refractivity contribution < 1.29 is 13.9 Å². The normalized spacial score (nSPS) is 16.6. The van der Waals surface area contributed by atoms with Crippen LogP contribution in [0.2, 0.25) is 0 Å². The van der Waals surface area contributed by atoms with Gasteiger partial charge in [-0.1, -0.05) is 0 Å². The molecule has 1 amide bonds. The van der Waals surface area contributed by atoms with Gasteiger partial charge in [0, 0.05) is 43.2 Å². The van der Waals surface area contributed by atoms with Crippen molar-refractivity contribution in [1.82, 2.24) is 14.7 Å². The van der Waals surface area contributed by atoms with E-state index in [4.69, 9.17) is 4.74 Å². The minimum atomic E-state index is -0.476. The highest BCUT2D eigenvalue weighted by molar-refractivity contribution is 5.82. The van der Waals surface area contributed by atoms with E-state index in [1.807, 2.05) is 32.5 Å². The molecule has 0 aliphatic carbocycles. The van der Waals surface area contributed by atoms with E-state index in [9.17, 15) is 9.18 Å². The number of amides is 1. The van der Waals surface area contributed by atoms with Gasteiger partial charge in [0.05, 0.1) is 5.52 Å². The number of hydrogen-bond donors (Lipinski definition) is 0. The fourth-order valence-corrected chi connectivity index (χ4v) is 3.34. The Bertz CT molecular complexity index is 755. The Kier molecular flexibility index (Phi) is 4.24. The molecule has 1 aliphatic heterocycles. The van der Waals surface area contributed by atoms with Crippen molar-refractivity contribution in [3.63, 3.8) is 0 Å². The van der Waals surface area contributed by atoms with E-state index in [0.29, 0.717) is 24.5 Å². The van der Waals surface area contributed by atoms with Gasteiger partial charge in [-0.15, -0.1) is 0 Å². The standard InChI is InChI=1S/C18H24FN3O2/c1-18(2,3)24-17(23)22-9-7-12(8-10-22)16-14-6-5-13(19)11-15(14)20-21(16)4/h5-6,11-12H,7-10H2,1-4H3. The van der Waals surface area contributed by atoms with Gasteiger partial charge in [0.15, 0.2) is 0 Å². The fraction of sp³-hybridized carbons (Fsp3) is 0.556. The molecule has 3 rings (SSSR count). The first-order chi connectivity index (χ1) is 11.2. The van der Waals surface area contributed by atoms with Crippen LogP contribution in [0.5, 0.6) is 0 Å². The van der Waals surface area contributed by atoms with E-state index in [1.54, 1.807) is 11.0 Å². The van der Waals surface area contributed by atoms with Crippen LogP contribution in [0.1, 0.15) is 45.2 Å². The van der Waals surface area contributed by atoms with Crippen LogP contribution in [-0.2, 0) is 11.8 Å². The van der Waals surface area contributed by atoms with Crippen LogP contribution in [0.25, 0.3) is 10.9 Å². The van der Waals surface area contributed by atoms with Gasteiger partial charge in [-0.05, 0) is 45.7 Å². The number of hydrogen-bond acceptors (Lipinski definition) is 3. The zero-order valence-electron chi connectivity index (χ0n) is 14.7. The van der Waals surface area contributed by atoms with Gasteiger partial charge in [-0.3, -0.25) is 4.68 Å². The zero-order chi connectivity index (χ0) is 17.5. The number of aromatic nitrogens is 2. The maximum absolute atomic E-state index is 13.4. The molecule has 1 fully saturated rings. The Labute approximate surface area is 141 Å². The van der Waals surface area contributed by atoms with E-state index < -0.39 is 5.60 Å². The molecule has 1 aromatic carbocycles. The van der Waals surface area contributed by atoms with Crippen molar-refractivity contribution >= 4 is 17.0 Å². The topological polar surface area (TPSA) is 47.4 Å². The molecular weight excluding hydrogens is 309 g/mol. The predicted octanol–water partition coefficient (Wildman–Crippen LogP) is 3.83. The van der Waals surface area contributed by atoms with Crippen molar-refractivity contribution in [3.05, 3.63) is 29.7 Å². The summed E-state index contributed by atoms with van der Waals surface area (Å²) >= 11 is 0. The second-order valence-electron chi connectivity index (χ2n) is 7.41. The highest BCUT2D eigenvalue weighted by Crippen LogP contribution is 2.33. The molecule has 1 aromatic heterocycles. The van der Waals surface area contributed by atoms with Crippen LogP contribution < -0.4 is 0 Å². The first-order valence-corrected chi connectivity index (χ1v) is 8.35. The molecule has 5 nitrogen and oxygen atoms in total. The minimum Gasteiger partial charge on any atom is -0.444 e. The van der Waals surface area contributed by atoms with E-state index in [2.05, 4.69) is 5.10 Å². The lowest BCUT2D eigenvalue weighted by Crippen LogP contribution is -2.41. The summed E-state index contributed by atoms with van der Waals surface area (Å²) in [4.78, 5) is 13.9. The number of piperidine rings is 1. The molecule has 0 atom stereocenters. The summed E-state index contributed by atoms with van der Waals surface area (Å²) in [6, 6.07) is 4.74. The van der Waals surface area contributed by atoms with Crippen LogP contribution in [-0.4, -0.2) is 39.5 Å². The number of aryl methyl sites for hydroxylation is 1. The Balaban J connectivity index is 1.73. The number of carbonyl (C=O) groups is 1. The van der Waals surface area contributed by atoms with Gasteiger partial charge in [-0.2, -0.15) is 5.10 Å². The van der Waals surface area contributed by atoms with Crippen molar-refractivity contribution in [2.75, 3.05) is 13.1 Å². The lowest BCUT2D eigenvalue weighted by Gasteiger charge is -2.33. The van der Waals surface area contributed by atoms with Gasteiger partial charge in [-0.25, -0.2) is 9.18 Å². The smallest absolute Gasteiger partial charge is 0.410 e. The first kappa shape index (κ1) is 16.7. The molecule has 2 heterocycles. The maximum Gasteiger partial charge on any atom is 0.410 e. The predicted molar refractivity (Wildman–Crippen MR) is 90.5 cm³/mol. The van der Waals surface area contributed by atoms with Crippen LogP contribution >= 0.6 is 0 Å². The van der Waals surface area contributed by atoms with Crippen LogP contribution in [0, 0.1) is 5.82 Å². The second-order valence-corrected chi connectivity index (χ2v) is 7.41. The SMILES string of the molecule is Cn1nc2cc(F)ccc2c1C1CCN(C(=O)OC(C)(C)C)CC1. The van der Waals surface area contributed by atoms with E-state index >= 15 is 0 Å². The molecule has 6 heteroatoms. The van der Waals surface area contributed by atoms with Crippen LogP contribution in [0.4, 0.5) is 9.18 Å². The van der Waals surface area contributed by atoms with Crippen molar-refractivity contribution in [3.8, 4) is 0 Å². The molecule has 0 radical (unpaired) electrons. The second kappa shape index (κ2) is 6.07. The number of benzene rings is 1. The Morgan fingerprint density at radius 2 is 1.96 bits per heavy atom. The molecular formula is C18H24FN3O2. The third kappa shape index (κ3) is 3.37. The Hall–Kier alpha value is -2.11. The van der Waals surface area contributed by atoms with Crippen LogP contribution in [0.3, 0.4) is 0 Å². The molecule has 0 N–H and O–H groups in total. The van der Waals surface area contributed by atoms with Crippen molar-refractivity contribution in [1.29, 1.82) is 0 Å². The van der Waals surface area contributed by atoms with Gasteiger partial charge in [0.1, 0.15) is 11.4 Å². The number of rotatable bonds is 1. The molecule has 0 unspecified atom stereocenters. The van der Waals surface area contributed by atoms with E-state index in [0.717, 1.165) is 23.9 Å². The van der Waals surface area contributed by atoms with Crippen molar-refractivity contribution in [2.24, 2.45) is 7.05 Å². The molecule has 24 heavy (non-hydrogen) atoms. The van der Waals surface area contributed by atoms with Crippen LogP contribution in [0.15, 0.2) is 18.2 Å². The molecule has 1 aliphatic rings. The molecule has 0 bridgehead atoms. The summed E-state index contributed by atoms with van der Waals surface area (Å²) in [6.07, 6.45) is 1.45. The average Bonchev–Trinajstić information content (AvgIpc) is 2.80. The largest absolute Gasteiger partial charge is 0.444 e. The van der Waals surface area contributed by atoms with Gasteiger partial charge in [0.2, 0.25) is 0 Å². The molecule has 0 saturated carbocycles. The minimum absolute atomic E-state index is 0.252. The Morgan fingerprint density at radius 3 is 2.58 bits per heavy atom. The third-order valence-electron chi connectivity index (χ3n) is 4.38. The zero-order valence-corrected chi connectivity index (χ0v) is 14.7. The number of fused-ring (bicyclic) bond motifs is 1. The monoisotopic (exact) mass is 333 g/mol. The third-order valence-corrected chi connectivity index (χ3v) is 4.38. The van der Waals surface area contributed by atoms with Gasteiger partial charge in [0.25, 0.3) is 0 Å². The number of carbonyl (C=O) groups excluding carboxylic acids is 1. The van der Waals surface area contributed by atoms with Gasteiger partial charge >= 0.3 is 6.09 Å². The lowest BCUT2D eigenvalue weighted by molar-refractivity contribution is 0.0203. The summed E-state index contributed by atoms with van der Waals surface area (Å²) < 4.78 is 20.7.